The molecule has 1 atom stereocenters. The lowest BCUT2D eigenvalue weighted by atomic mass is 10.0. The lowest BCUT2D eigenvalue weighted by molar-refractivity contribution is -0.143. The molecule has 0 heterocycles. The molecule has 2 aromatic carbocycles. The zero-order valence-electron chi connectivity index (χ0n) is 14.2. The summed E-state index contributed by atoms with van der Waals surface area (Å²) in [6, 6.07) is 5.42. The van der Waals surface area contributed by atoms with E-state index in [1.54, 1.807) is 24.3 Å². The van der Waals surface area contributed by atoms with Crippen LogP contribution in [0.15, 0.2) is 42.5 Å². The van der Waals surface area contributed by atoms with E-state index in [1.807, 2.05) is 27.9 Å². The summed E-state index contributed by atoms with van der Waals surface area (Å²) in [5, 5.41) is 11.3. The van der Waals surface area contributed by atoms with Crippen LogP contribution in [-0.2, 0) is 23.6 Å². The third-order valence-corrected chi connectivity index (χ3v) is 4.89. The summed E-state index contributed by atoms with van der Waals surface area (Å²) >= 11 is 1.93. The Balaban J connectivity index is 2.36. The van der Waals surface area contributed by atoms with Crippen molar-refractivity contribution in [1.82, 2.24) is 5.32 Å². The molecule has 0 unspecified atom stereocenters. The first-order valence-corrected chi connectivity index (χ1v) is 8.93. The van der Waals surface area contributed by atoms with Gasteiger partial charge in [0.2, 0.25) is 0 Å². The van der Waals surface area contributed by atoms with Gasteiger partial charge in [-0.05, 0) is 52.4 Å². The van der Waals surface area contributed by atoms with Gasteiger partial charge < -0.3 is 10.4 Å². The molecule has 0 radical (unpaired) electrons. The van der Waals surface area contributed by atoms with E-state index in [2.05, 4.69) is 0 Å². The first-order valence-electron chi connectivity index (χ1n) is 7.85. The van der Waals surface area contributed by atoms with E-state index in [-0.39, 0.29) is 24.6 Å². The smallest absolute Gasteiger partial charge is 0.416 e. The van der Waals surface area contributed by atoms with Gasteiger partial charge in [0, 0.05) is 15.6 Å². The fourth-order valence-corrected chi connectivity index (χ4v) is 3.02. The number of aliphatic carboxylic acids is 1. The highest BCUT2D eigenvalue weighted by Gasteiger charge is 2.37. The van der Waals surface area contributed by atoms with E-state index in [0.717, 1.165) is 0 Å². The Morgan fingerprint density at radius 3 is 1.93 bits per heavy atom. The number of hydrogen-bond acceptors (Lipinski definition) is 2. The van der Waals surface area contributed by atoms with Gasteiger partial charge in [0.05, 0.1) is 11.1 Å². The second kappa shape index (κ2) is 8.59. The van der Waals surface area contributed by atoms with Crippen LogP contribution in [0.2, 0.25) is 0 Å². The minimum absolute atomic E-state index is 0.113. The van der Waals surface area contributed by atoms with Crippen LogP contribution >= 0.6 is 22.6 Å². The van der Waals surface area contributed by atoms with Crippen LogP contribution < -0.4 is 5.32 Å². The van der Waals surface area contributed by atoms with E-state index >= 15 is 0 Å². The predicted molar refractivity (Wildman–Crippen MR) is 98.2 cm³/mol. The van der Waals surface area contributed by atoms with Crippen molar-refractivity contribution in [1.29, 1.82) is 0 Å². The number of nitrogens with one attached hydrogen (secondary N) is 1. The molecule has 29 heavy (non-hydrogen) atoms. The quantitative estimate of drug-likeness (QED) is 0.433. The predicted octanol–water partition coefficient (Wildman–Crippen LogP) is 4.75. The molecule has 0 aromatic heterocycles. The molecule has 1 amide bonds. The van der Waals surface area contributed by atoms with Gasteiger partial charge in [-0.3, -0.25) is 4.79 Å². The molecule has 0 saturated heterocycles. The zero-order valence-corrected chi connectivity index (χ0v) is 16.4. The van der Waals surface area contributed by atoms with Crippen LogP contribution in [-0.4, -0.2) is 23.0 Å². The van der Waals surface area contributed by atoms with E-state index in [0.29, 0.717) is 9.13 Å². The molecule has 0 aliphatic rings. The average molecular weight is 531 g/mol. The summed E-state index contributed by atoms with van der Waals surface area (Å²) in [7, 11) is 0. The molecule has 2 aromatic rings. The number of benzene rings is 2. The molecule has 156 valence electrons. The van der Waals surface area contributed by atoms with Crippen LogP contribution in [0.3, 0.4) is 0 Å². The van der Waals surface area contributed by atoms with Crippen molar-refractivity contribution in [3.63, 3.8) is 0 Å². The number of carbonyl (C=O) groups is 2. The number of carboxylic acid groups (broad SMARTS) is 1. The van der Waals surface area contributed by atoms with Crippen molar-refractivity contribution in [2.24, 2.45) is 0 Å². The number of rotatable bonds is 5. The van der Waals surface area contributed by atoms with Crippen molar-refractivity contribution < 1.29 is 41.0 Å². The summed E-state index contributed by atoms with van der Waals surface area (Å²) < 4.78 is 78.3. The van der Waals surface area contributed by atoms with Crippen molar-refractivity contribution in [3.05, 3.63) is 68.3 Å². The second-order valence-electron chi connectivity index (χ2n) is 5.95. The third-order valence-electron chi connectivity index (χ3n) is 3.84. The minimum atomic E-state index is -5.12. The van der Waals surface area contributed by atoms with E-state index in [4.69, 9.17) is 0 Å². The molecular formula is C18H12F6INO3. The Morgan fingerprint density at radius 2 is 1.48 bits per heavy atom. The maximum absolute atomic E-state index is 12.9. The molecule has 2 N–H and O–H groups in total. The highest BCUT2D eigenvalue weighted by atomic mass is 127. The molecular weight excluding hydrogens is 519 g/mol. The van der Waals surface area contributed by atoms with Crippen LogP contribution in [0.25, 0.3) is 0 Å². The monoisotopic (exact) mass is 531 g/mol. The minimum Gasteiger partial charge on any atom is -0.480 e. The Kier molecular flexibility index (Phi) is 6.81. The van der Waals surface area contributed by atoms with Crippen LogP contribution in [0.4, 0.5) is 26.3 Å². The molecule has 0 saturated carbocycles. The molecule has 0 aliphatic carbocycles. The second-order valence-corrected chi connectivity index (χ2v) is 7.12. The number of hydrogen-bond donors (Lipinski definition) is 2. The molecule has 4 nitrogen and oxygen atoms in total. The Labute approximate surface area is 174 Å². The van der Waals surface area contributed by atoms with Crippen molar-refractivity contribution >= 4 is 34.5 Å². The highest BCUT2D eigenvalue weighted by Crippen LogP contribution is 2.36. The molecule has 0 aliphatic heterocycles. The van der Waals surface area contributed by atoms with Crippen molar-refractivity contribution in [2.75, 3.05) is 0 Å². The Hall–Kier alpha value is -2.31. The van der Waals surface area contributed by atoms with Gasteiger partial charge in [-0.15, -0.1) is 0 Å². The summed E-state index contributed by atoms with van der Waals surface area (Å²) in [4.78, 5) is 23.7. The van der Waals surface area contributed by atoms with Gasteiger partial charge in [-0.25, -0.2) is 4.79 Å². The van der Waals surface area contributed by atoms with Gasteiger partial charge in [-0.2, -0.15) is 26.3 Å². The standard InChI is InChI=1S/C18H12F6INO3/c19-17(20,21)11-5-10(6-12(8-11)18(22,23)24)15(27)26-14(16(28)29)7-9-3-1-2-4-13(9)25/h1-6,8,14H,7H2,(H,26,27)(H,28,29)/t14-/m1/s1. The third kappa shape index (κ3) is 6.08. The first kappa shape index (κ1) is 23.0. The van der Waals surface area contributed by atoms with Crippen LogP contribution in [0.5, 0.6) is 0 Å². The van der Waals surface area contributed by atoms with Gasteiger partial charge in [-0.1, -0.05) is 18.2 Å². The molecule has 0 spiro atoms. The Morgan fingerprint density at radius 1 is 0.966 bits per heavy atom. The number of carboxylic acids is 1. The van der Waals surface area contributed by atoms with E-state index < -0.39 is 47.0 Å². The van der Waals surface area contributed by atoms with Gasteiger partial charge in [0.25, 0.3) is 5.91 Å². The SMILES string of the molecule is O=C(N[C@H](Cc1ccccc1I)C(=O)O)c1cc(C(F)(F)F)cc(C(F)(F)F)c1. The number of carbonyl (C=O) groups excluding carboxylic acids is 1. The largest absolute Gasteiger partial charge is 0.480 e. The van der Waals surface area contributed by atoms with Crippen molar-refractivity contribution in [2.45, 2.75) is 24.8 Å². The lowest BCUT2D eigenvalue weighted by Gasteiger charge is -2.17. The van der Waals surface area contributed by atoms with Gasteiger partial charge >= 0.3 is 18.3 Å². The van der Waals surface area contributed by atoms with E-state index in [1.165, 1.54) is 0 Å². The van der Waals surface area contributed by atoms with E-state index in [9.17, 15) is 41.0 Å². The van der Waals surface area contributed by atoms with Crippen molar-refractivity contribution in [3.8, 4) is 0 Å². The average Bonchev–Trinajstić information content (AvgIpc) is 2.60. The highest BCUT2D eigenvalue weighted by molar-refractivity contribution is 14.1. The van der Waals surface area contributed by atoms with Crippen LogP contribution in [0.1, 0.15) is 27.0 Å². The summed E-state index contributed by atoms with van der Waals surface area (Å²) in [5.41, 5.74) is -3.73. The van der Waals surface area contributed by atoms with Gasteiger partial charge in [0.1, 0.15) is 6.04 Å². The van der Waals surface area contributed by atoms with Gasteiger partial charge in [0.15, 0.2) is 0 Å². The number of halogens is 7. The molecule has 11 heteroatoms. The maximum Gasteiger partial charge on any atom is 0.416 e. The molecule has 0 fully saturated rings. The topological polar surface area (TPSA) is 66.4 Å². The maximum atomic E-state index is 12.9. The summed E-state index contributed by atoms with van der Waals surface area (Å²) in [6.45, 7) is 0. The summed E-state index contributed by atoms with van der Waals surface area (Å²) in [5.74, 6) is -2.85. The summed E-state index contributed by atoms with van der Waals surface area (Å²) in [6.07, 6.45) is -10.4. The lowest BCUT2D eigenvalue weighted by Crippen LogP contribution is -2.42. The molecule has 0 bridgehead atoms. The molecule has 2 rings (SSSR count). The normalized spacial score (nSPS) is 13.1. The number of alkyl halides is 6. The fraction of sp³-hybridized carbons (Fsp3) is 0.222. The fourth-order valence-electron chi connectivity index (χ4n) is 2.41. The Bertz CT molecular complexity index is 894. The number of amides is 1. The van der Waals surface area contributed by atoms with Crippen LogP contribution in [0, 0.1) is 3.57 Å². The zero-order chi connectivity index (χ0) is 22.0. The first-order chi connectivity index (χ1) is 13.3.